The van der Waals surface area contributed by atoms with Crippen molar-refractivity contribution in [2.24, 2.45) is 4.99 Å². The Morgan fingerprint density at radius 3 is 2.64 bits per heavy atom. The van der Waals surface area contributed by atoms with Crippen LogP contribution in [-0.4, -0.2) is 34.7 Å². The molecule has 0 atom stereocenters. The molecule has 0 aromatic heterocycles. The summed E-state index contributed by atoms with van der Waals surface area (Å²) in [6.07, 6.45) is 0. The van der Waals surface area contributed by atoms with Gasteiger partial charge in [-0.1, -0.05) is 41.0 Å². The monoisotopic (exact) mass is 440 g/mol. The van der Waals surface area contributed by atoms with E-state index in [1.807, 2.05) is 0 Å². The molecule has 0 aliphatic carbocycles. The summed E-state index contributed by atoms with van der Waals surface area (Å²) in [5.41, 5.74) is -0.706. The molecule has 0 spiro atoms. The van der Waals surface area contributed by atoms with Crippen molar-refractivity contribution in [3.8, 4) is 5.75 Å². The second kappa shape index (κ2) is 8.72. The fourth-order valence-electron chi connectivity index (χ4n) is 2.71. The number of hydrogen-bond acceptors (Lipinski definition) is 4. The summed E-state index contributed by atoms with van der Waals surface area (Å²) < 4.78 is 19.9. The Balaban J connectivity index is 1.68. The molecule has 0 saturated heterocycles. The minimum absolute atomic E-state index is 0.217. The minimum atomic E-state index is -1.10. The zero-order valence-electron chi connectivity index (χ0n) is 15.4. The van der Waals surface area contributed by atoms with Crippen LogP contribution in [-0.2, 0) is 10.5 Å². The molecular formula is C20H19Cl2FN2O2S. The van der Waals surface area contributed by atoms with Crippen LogP contribution in [0.2, 0.25) is 10.0 Å². The van der Waals surface area contributed by atoms with Gasteiger partial charge in [0.25, 0.3) is 5.91 Å². The van der Waals surface area contributed by atoms with Crippen LogP contribution in [0.15, 0.2) is 47.5 Å². The van der Waals surface area contributed by atoms with Crippen LogP contribution in [0.1, 0.15) is 19.4 Å². The summed E-state index contributed by atoms with van der Waals surface area (Å²) in [6.45, 7) is 4.37. The van der Waals surface area contributed by atoms with Gasteiger partial charge >= 0.3 is 0 Å². The number of amidine groups is 1. The summed E-state index contributed by atoms with van der Waals surface area (Å²) in [5, 5.41) is 1.49. The molecule has 1 aliphatic rings. The third kappa shape index (κ3) is 4.80. The highest BCUT2D eigenvalue weighted by atomic mass is 35.5. The lowest BCUT2D eigenvalue weighted by Crippen LogP contribution is -2.49. The summed E-state index contributed by atoms with van der Waals surface area (Å²) in [6, 6.07) is 11.4. The standard InChI is InChI=1S/C20H19Cl2FN2O2S/c1-20(2,27-14-8-6-13(21)7-9-14)18(26)25-11-10-24-19(25)28-12-15-16(22)4-3-5-17(15)23/h3-9H,10-12H2,1-2H3. The average molecular weight is 441 g/mol. The average Bonchev–Trinajstić information content (AvgIpc) is 3.11. The first kappa shape index (κ1) is 21.0. The molecule has 4 nitrogen and oxygen atoms in total. The van der Waals surface area contributed by atoms with Crippen LogP contribution in [0, 0.1) is 5.82 Å². The van der Waals surface area contributed by atoms with Gasteiger partial charge < -0.3 is 4.74 Å². The number of carbonyl (C=O) groups is 1. The number of carbonyl (C=O) groups excluding carboxylic acids is 1. The van der Waals surface area contributed by atoms with Crippen molar-refractivity contribution in [3.63, 3.8) is 0 Å². The van der Waals surface area contributed by atoms with E-state index in [4.69, 9.17) is 27.9 Å². The van der Waals surface area contributed by atoms with E-state index < -0.39 is 5.60 Å². The fraction of sp³-hybridized carbons (Fsp3) is 0.300. The lowest BCUT2D eigenvalue weighted by molar-refractivity contribution is -0.140. The maximum Gasteiger partial charge on any atom is 0.272 e. The number of aliphatic imine (C=N–C) groups is 1. The summed E-state index contributed by atoms with van der Waals surface area (Å²) >= 11 is 13.3. The van der Waals surface area contributed by atoms with Gasteiger partial charge in [-0.05, 0) is 50.2 Å². The van der Waals surface area contributed by atoms with Gasteiger partial charge in [0.2, 0.25) is 0 Å². The number of benzene rings is 2. The van der Waals surface area contributed by atoms with E-state index in [9.17, 15) is 9.18 Å². The summed E-state index contributed by atoms with van der Waals surface area (Å²) in [4.78, 5) is 19.0. The maximum atomic E-state index is 14.0. The molecule has 1 amide bonds. The van der Waals surface area contributed by atoms with Gasteiger partial charge in [0.15, 0.2) is 10.8 Å². The highest BCUT2D eigenvalue weighted by Crippen LogP contribution is 2.29. The van der Waals surface area contributed by atoms with E-state index in [1.165, 1.54) is 17.8 Å². The molecule has 3 rings (SSSR count). The van der Waals surface area contributed by atoms with Crippen LogP contribution >= 0.6 is 35.0 Å². The smallest absolute Gasteiger partial charge is 0.272 e. The SMILES string of the molecule is CC(C)(Oc1ccc(Cl)cc1)C(=O)N1CCN=C1SCc1c(F)cccc1Cl. The number of thioether (sulfide) groups is 1. The molecule has 2 aromatic carbocycles. The van der Waals surface area contributed by atoms with E-state index in [1.54, 1.807) is 55.1 Å². The number of hydrogen-bond donors (Lipinski definition) is 0. The van der Waals surface area contributed by atoms with Gasteiger partial charge in [-0.3, -0.25) is 14.7 Å². The lowest BCUT2D eigenvalue weighted by Gasteiger charge is -2.30. The van der Waals surface area contributed by atoms with E-state index >= 15 is 0 Å². The van der Waals surface area contributed by atoms with Crippen molar-refractivity contribution in [1.82, 2.24) is 4.90 Å². The topological polar surface area (TPSA) is 41.9 Å². The Morgan fingerprint density at radius 1 is 1.25 bits per heavy atom. The fourth-order valence-corrected chi connectivity index (χ4v) is 4.23. The van der Waals surface area contributed by atoms with Crippen LogP contribution in [0.3, 0.4) is 0 Å². The number of rotatable bonds is 5. The molecule has 1 heterocycles. The number of amides is 1. The molecular weight excluding hydrogens is 422 g/mol. The van der Waals surface area contributed by atoms with Crippen molar-refractivity contribution >= 4 is 46.0 Å². The first-order valence-electron chi connectivity index (χ1n) is 8.64. The van der Waals surface area contributed by atoms with Crippen LogP contribution in [0.25, 0.3) is 0 Å². The van der Waals surface area contributed by atoms with E-state index in [0.29, 0.717) is 39.6 Å². The Hall–Kier alpha value is -1.76. The Kier molecular flexibility index (Phi) is 6.53. The highest BCUT2D eigenvalue weighted by molar-refractivity contribution is 8.13. The zero-order valence-corrected chi connectivity index (χ0v) is 17.7. The quantitative estimate of drug-likeness (QED) is 0.622. The largest absolute Gasteiger partial charge is 0.478 e. The van der Waals surface area contributed by atoms with E-state index in [2.05, 4.69) is 4.99 Å². The first-order valence-corrected chi connectivity index (χ1v) is 10.4. The van der Waals surface area contributed by atoms with Gasteiger partial charge in [-0.15, -0.1) is 0 Å². The van der Waals surface area contributed by atoms with Crippen LogP contribution in [0.4, 0.5) is 4.39 Å². The molecule has 8 heteroatoms. The molecule has 0 radical (unpaired) electrons. The molecule has 2 aromatic rings. The van der Waals surface area contributed by atoms with Crippen molar-refractivity contribution in [3.05, 3.63) is 63.9 Å². The molecule has 28 heavy (non-hydrogen) atoms. The molecule has 0 unspecified atom stereocenters. The third-order valence-electron chi connectivity index (χ3n) is 4.16. The molecule has 148 valence electrons. The van der Waals surface area contributed by atoms with Gasteiger partial charge in [-0.25, -0.2) is 4.39 Å². The van der Waals surface area contributed by atoms with Gasteiger partial charge in [-0.2, -0.15) is 0 Å². The van der Waals surface area contributed by atoms with Crippen molar-refractivity contribution in [2.75, 3.05) is 13.1 Å². The Morgan fingerprint density at radius 2 is 1.96 bits per heavy atom. The number of nitrogens with zero attached hydrogens (tertiary/aromatic N) is 2. The first-order chi connectivity index (χ1) is 13.3. The molecule has 0 fully saturated rings. The van der Waals surface area contributed by atoms with Gasteiger partial charge in [0.05, 0.1) is 6.54 Å². The summed E-state index contributed by atoms with van der Waals surface area (Å²) in [5.74, 6) is 0.243. The highest BCUT2D eigenvalue weighted by Gasteiger charge is 2.38. The van der Waals surface area contributed by atoms with Crippen LogP contribution in [0.5, 0.6) is 5.75 Å². The predicted octanol–water partition coefficient (Wildman–Crippen LogP) is 5.42. The maximum absolute atomic E-state index is 14.0. The van der Waals surface area contributed by atoms with Crippen molar-refractivity contribution in [2.45, 2.75) is 25.2 Å². The minimum Gasteiger partial charge on any atom is -0.478 e. The Bertz CT molecular complexity index is 883. The van der Waals surface area contributed by atoms with Crippen molar-refractivity contribution < 1.29 is 13.9 Å². The zero-order chi connectivity index (χ0) is 20.3. The number of ether oxygens (including phenoxy) is 1. The lowest BCUT2D eigenvalue weighted by atomic mass is 10.1. The third-order valence-corrected chi connectivity index (χ3v) is 5.80. The molecule has 0 bridgehead atoms. The molecule has 0 N–H and O–H groups in total. The van der Waals surface area contributed by atoms with E-state index in [-0.39, 0.29) is 17.5 Å². The second-order valence-corrected chi connectivity index (χ2v) is 8.46. The normalized spacial score (nSPS) is 14.2. The second-order valence-electron chi connectivity index (χ2n) is 6.68. The predicted molar refractivity (Wildman–Crippen MR) is 113 cm³/mol. The van der Waals surface area contributed by atoms with Crippen molar-refractivity contribution in [1.29, 1.82) is 0 Å². The Labute approximate surface area is 177 Å². The number of halogens is 3. The molecule has 0 saturated carbocycles. The van der Waals surface area contributed by atoms with E-state index in [0.717, 1.165) is 0 Å². The molecule has 1 aliphatic heterocycles. The van der Waals surface area contributed by atoms with Gasteiger partial charge in [0.1, 0.15) is 11.6 Å². The van der Waals surface area contributed by atoms with Crippen LogP contribution < -0.4 is 4.74 Å². The van der Waals surface area contributed by atoms with Gasteiger partial charge in [0, 0.05) is 27.9 Å². The summed E-state index contributed by atoms with van der Waals surface area (Å²) in [7, 11) is 0.